The first kappa shape index (κ1) is 26.1. The fourth-order valence-electron chi connectivity index (χ4n) is 4.64. The highest BCUT2D eigenvalue weighted by atomic mass is 19.1. The lowest BCUT2D eigenvalue weighted by molar-refractivity contribution is 0.00994. The van der Waals surface area contributed by atoms with E-state index < -0.39 is 11.7 Å². The van der Waals surface area contributed by atoms with Gasteiger partial charge in [-0.05, 0) is 61.9 Å². The SMILES string of the molecule is CO[C@@H]1CN(C)C(=O)c2ccc(NC(=O)c3cccc(F)c3)cc2OC[C@H](C)N(CC2CC2)C[C@H]1C. The Kier molecular flexibility index (Phi) is 8.26. The molecule has 0 unspecified atom stereocenters. The van der Waals surface area contributed by atoms with Gasteiger partial charge in [0.25, 0.3) is 11.8 Å². The number of hydrogen-bond acceptors (Lipinski definition) is 5. The molecule has 36 heavy (non-hydrogen) atoms. The first-order valence-electron chi connectivity index (χ1n) is 12.6. The number of amides is 2. The molecule has 0 spiro atoms. The highest BCUT2D eigenvalue weighted by molar-refractivity contribution is 6.05. The molecule has 7 nitrogen and oxygen atoms in total. The average molecular weight is 498 g/mol. The number of likely N-dealkylation sites (N-methyl/N-ethyl adjacent to an activating group) is 1. The Morgan fingerprint density at radius 3 is 2.64 bits per heavy atom. The molecule has 1 N–H and O–H groups in total. The van der Waals surface area contributed by atoms with Gasteiger partial charge < -0.3 is 19.7 Å². The zero-order valence-corrected chi connectivity index (χ0v) is 21.5. The minimum Gasteiger partial charge on any atom is -0.491 e. The minimum absolute atomic E-state index is 0.0959. The summed E-state index contributed by atoms with van der Waals surface area (Å²) in [4.78, 5) is 30.1. The largest absolute Gasteiger partial charge is 0.491 e. The monoisotopic (exact) mass is 497 g/mol. The van der Waals surface area contributed by atoms with Crippen molar-refractivity contribution in [2.75, 3.05) is 45.7 Å². The lowest BCUT2D eigenvalue weighted by Crippen LogP contribution is -2.47. The van der Waals surface area contributed by atoms with Gasteiger partial charge in [0.2, 0.25) is 0 Å². The molecule has 0 saturated heterocycles. The van der Waals surface area contributed by atoms with E-state index in [9.17, 15) is 14.0 Å². The second kappa shape index (κ2) is 11.4. The Hall–Kier alpha value is -2.97. The van der Waals surface area contributed by atoms with E-state index in [0.717, 1.165) is 19.0 Å². The van der Waals surface area contributed by atoms with Crippen molar-refractivity contribution in [3.05, 3.63) is 59.4 Å². The third-order valence-corrected chi connectivity index (χ3v) is 7.11. The van der Waals surface area contributed by atoms with E-state index in [-0.39, 0.29) is 29.5 Å². The second-order valence-corrected chi connectivity index (χ2v) is 10.2. The molecular formula is C28H36FN3O4. The van der Waals surface area contributed by atoms with E-state index >= 15 is 0 Å². The lowest BCUT2D eigenvalue weighted by Gasteiger charge is -2.36. The third kappa shape index (κ3) is 6.42. The summed E-state index contributed by atoms with van der Waals surface area (Å²) in [6.07, 6.45) is 2.43. The molecule has 2 aromatic carbocycles. The molecule has 1 heterocycles. The molecule has 4 rings (SSSR count). The van der Waals surface area contributed by atoms with Crippen LogP contribution in [0.3, 0.4) is 0 Å². The molecule has 1 fully saturated rings. The van der Waals surface area contributed by atoms with Crippen molar-refractivity contribution in [3.8, 4) is 5.75 Å². The van der Waals surface area contributed by atoms with Crippen molar-refractivity contribution >= 4 is 17.5 Å². The van der Waals surface area contributed by atoms with E-state index in [4.69, 9.17) is 9.47 Å². The van der Waals surface area contributed by atoms with Crippen LogP contribution in [0, 0.1) is 17.7 Å². The average Bonchev–Trinajstić information content (AvgIpc) is 3.68. The van der Waals surface area contributed by atoms with Gasteiger partial charge in [0.15, 0.2) is 0 Å². The number of carbonyl (C=O) groups is 2. The van der Waals surface area contributed by atoms with E-state index in [1.54, 1.807) is 43.3 Å². The molecule has 1 aliphatic carbocycles. The van der Waals surface area contributed by atoms with Gasteiger partial charge in [0.1, 0.15) is 18.2 Å². The topological polar surface area (TPSA) is 71.1 Å². The Bertz CT molecular complexity index is 1090. The van der Waals surface area contributed by atoms with E-state index in [0.29, 0.717) is 30.2 Å². The van der Waals surface area contributed by atoms with Crippen LogP contribution >= 0.6 is 0 Å². The van der Waals surface area contributed by atoms with Gasteiger partial charge in [-0.15, -0.1) is 0 Å². The summed E-state index contributed by atoms with van der Waals surface area (Å²) in [5.74, 6) is 0.285. The highest BCUT2D eigenvalue weighted by Gasteiger charge is 2.31. The number of nitrogens with zero attached hydrogens (tertiary/aromatic N) is 2. The van der Waals surface area contributed by atoms with Gasteiger partial charge in [0, 0.05) is 57.2 Å². The van der Waals surface area contributed by atoms with Crippen LogP contribution in [-0.4, -0.2) is 74.2 Å². The summed E-state index contributed by atoms with van der Waals surface area (Å²) in [7, 11) is 3.46. The maximum absolute atomic E-state index is 13.6. The summed E-state index contributed by atoms with van der Waals surface area (Å²) in [5.41, 5.74) is 1.10. The smallest absolute Gasteiger partial charge is 0.257 e. The molecule has 8 heteroatoms. The van der Waals surface area contributed by atoms with Crippen LogP contribution in [0.25, 0.3) is 0 Å². The maximum atomic E-state index is 13.6. The number of fused-ring (bicyclic) bond motifs is 1. The molecule has 0 aromatic heterocycles. The van der Waals surface area contributed by atoms with Gasteiger partial charge in [-0.2, -0.15) is 0 Å². The fraction of sp³-hybridized carbons (Fsp3) is 0.500. The summed E-state index contributed by atoms with van der Waals surface area (Å²) in [5, 5.41) is 2.78. The molecule has 194 valence electrons. The summed E-state index contributed by atoms with van der Waals surface area (Å²) >= 11 is 0. The lowest BCUT2D eigenvalue weighted by atomic mass is 10.0. The quantitative estimate of drug-likeness (QED) is 0.667. The Morgan fingerprint density at radius 2 is 1.94 bits per heavy atom. The van der Waals surface area contributed by atoms with Crippen LogP contribution in [-0.2, 0) is 4.74 Å². The number of halogens is 1. The summed E-state index contributed by atoms with van der Waals surface area (Å²) in [6, 6.07) is 10.6. The Balaban J connectivity index is 1.60. The molecule has 1 saturated carbocycles. The first-order chi connectivity index (χ1) is 17.2. The van der Waals surface area contributed by atoms with Crippen LogP contribution in [0.2, 0.25) is 0 Å². The van der Waals surface area contributed by atoms with Crippen LogP contribution in [0.4, 0.5) is 10.1 Å². The number of methoxy groups -OCH3 is 1. The van der Waals surface area contributed by atoms with Gasteiger partial charge in [-0.25, -0.2) is 4.39 Å². The van der Waals surface area contributed by atoms with Crippen LogP contribution in [0.15, 0.2) is 42.5 Å². The number of ether oxygens (including phenoxy) is 2. The maximum Gasteiger partial charge on any atom is 0.257 e. The van der Waals surface area contributed by atoms with E-state index in [1.807, 2.05) is 0 Å². The van der Waals surface area contributed by atoms with Gasteiger partial charge in [-0.3, -0.25) is 14.5 Å². The Morgan fingerprint density at radius 1 is 1.17 bits per heavy atom. The van der Waals surface area contributed by atoms with Crippen LogP contribution in [0.1, 0.15) is 47.4 Å². The second-order valence-electron chi connectivity index (χ2n) is 10.2. The fourth-order valence-corrected chi connectivity index (χ4v) is 4.64. The van der Waals surface area contributed by atoms with Crippen molar-refractivity contribution in [1.82, 2.24) is 9.80 Å². The van der Waals surface area contributed by atoms with Gasteiger partial charge >= 0.3 is 0 Å². The Labute approximate surface area is 212 Å². The van der Waals surface area contributed by atoms with Crippen LogP contribution in [0.5, 0.6) is 5.75 Å². The number of hydrogen-bond donors (Lipinski definition) is 1. The van der Waals surface area contributed by atoms with Gasteiger partial charge in [0.05, 0.1) is 11.7 Å². The number of rotatable bonds is 5. The molecule has 1 aliphatic heterocycles. The highest BCUT2D eigenvalue weighted by Crippen LogP contribution is 2.32. The first-order valence-corrected chi connectivity index (χ1v) is 12.6. The van der Waals surface area contributed by atoms with Crippen molar-refractivity contribution in [2.24, 2.45) is 11.8 Å². The number of anilines is 1. The zero-order valence-electron chi connectivity index (χ0n) is 21.5. The number of carbonyl (C=O) groups excluding carboxylic acids is 2. The number of nitrogens with one attached hydrogen (secondary N) is 1. The minimum atomic E-state index is -0.481. The summed E-state index contributed by atoms with van der Waals surface area (Å²) < 4.78 is 25.6. The molecular weight excluding hydrogens is 461 g/mol. The summed E-state index contributed by atoms with van der Waals surface area (Å²) in [6.45, 7) is 7.07. The third-order valence-electron chi connectivity index (χ3n) is 7.11. The zero-order chi connectivity index (χ0) is 25.8. The molecule has 2 aliphatic rings. The van der Waals surface area contributed by atoms with Crippen molar-refractivity contribution < 1.29 is 23.5 Å². The normalized spacial score (nSPS) is 23.8. The predicted molar refractivity (Wildman–Crippen MR) is 137 cm³/mol. The molecule has 0 radical (unpaired) electrons. The van der Waals surface area contributed by atoms with Crippen molar-refractivity contribution in [2.45, 2.75) is 38.8 Å². The van der Waals surface area contributed by atoms with E-state index in [1.165, 1.54) is 31.0 Å². The predicted octanol–water partition coefficient (Wildman–Crippen LogP) is 4.29. The molecule has 2 aromatic rings. The van der Waals surface area contributed by atoms with E-state index in [2.05, 4.69) is 24.1 Å². The molecule has 2 amide bonds. The molecule has 3 atom stereocenters. The van der Waals surface area contributed by atoms with Crippen molar-refractivity contribution in [1.29, 1.82) is 0 Å². The van der Waals surface area contributed by atoms with Crippen LogP contribution < -0.4 is 10.1 Å². The standard InChI is InChI=1S/C28H36FN3O4/c1-18-14-32(15-20-8-9-20)19(2)17-36-25-13-23(30-27(33)21-6-5-7-22(29)12-21)10-11-24(25)28(34)31(3)16-26(18)35-4/h5-7,10-13,18-20,26H,8-9,14-17H2,1-4H3,(H,30,33)/t18-,19+,26-/m1/s1. The van der Waals surface area contributed by atoms with Gasteiger partial charge in [-0.1, -0.05) is 13.0 Å². The van der Waals surface area contributed by atoms with Crippen molar-refractivity contribution in [3.63, 3.8) is 0 Å². The number of benzene rings is 2. The molecule has 0 bridgehead atoms.